The van der Waals surface area contributed by atoms with Gasteiger partial charge in [0.2, 0.25) is 0 Å². The first-order chi connectivity index (χ1) is 15.5. The summed E-state index contributed by atoms with van der Waals surface area (Å²) in [6.07, 6.45) is 2.60. The number of hydrogen-bond donors (Lipinski definition) is 2. The summed E-state index contributed by atoms with van der Waals surface area (Å²) in [6, 6.07) is 25.0. The summed E-state index contributed by atoms with van der Waals surface area (Å²) in [5.74, 6) is -1.60. The van der Waals surface area contributed by atoms with Crippen LogP contribution in [0, 0.1) is 0 Å². The SMILES string of the molecule is O=C(O)CCCc1cc2ccccc2c(-c2cccc3ccccc23)c1CCCC(=O)O. The Hall–Kier alpha value is -3.66. The highest BCUT2D eigenvalue weighted by molar-refractivity contribution is 6.07. The van der Waals surface area contributed by atoms with Crippen molar-refractivity contribution in [3.63, 3.8) is 0 Å². The molecule has 0 radical (unpaired) electrons. The summed E-state index contributed by atoms with van der Waals surface area (Å²) in [7, 11) is 0. The Morgan fingerprint density at radius 1 is 0.656 bits per heavy atom. The van der Waals surface area contributed by atoms with E-state index in [4.69, 9.17) is 5.11 Å². The van der Waals surface area contributed by atoms with E-state index < -0.39 is 11.9 Å². The van der Waals surface area contributed by atoms with E-state index in [9.17, 15) is 14.7 Å². The molecule has 4 nitrogen and oxygen atoms in total. The standard InChI is InChI=1S/C28H26O4/c29-26(30)16-6-11-21-18-20-9-2-4-13-23(20)28(24(21)14-7-17-27(31)32)25-15-5-10-19-8-1-3-12-22(19)25/h1-5,8-10,12-13,15,18H,6-7,11,14,16-17H2,(H,29,30)(H,31,32). The van der Waals surface area contributed by atoms with Crippen LogP contribution in [0.4, 0.5) is 0 Å². The first kappa shape index (κ1) is 21.6. The van der Waals surface area contributed by atoms with Gasteiger partial charge in [-0.1, -0.05) is 72.8 Å². The smallest absolute Gasteiger partial charge is 0.303 e. The van der Waals surface area contributed by atoms with Crippen LogP contribution < -0.4 is 0 Å². The monoisotopic (exact) mass is 426 g/mol. The van der Waals surface area contributed by atoms with Crippen LogP contribution in [0.1, 0.15) is 36.8 Å². The van der Waals surface area contributed by atoms with Crippen molar-refractivity contribution in [3.05, 3.63) is 83.9 Å². The molecule has 4 heteroatoms. The second-order valence-corrected chi connectivity index (χ2v) is 8.13. The molecule has 0 amide bonds. The maximum atomic E-state index is 11.2. The number of aryl methyl sites for hydroxylation is 1. The highest BCUT2D eigenvalue weighted by Gasteiger charge is 2.17. The highest BCUT2D eigenvalue weighted by Crippen LogP contribution is 2.39. The number of rotatable bonds is 9. The predicted molar refractivity (Wildman–Crippen MR) is 128 cm³/mol. The van der Waals surface area contributed by atoms with Gasteiger partial charge in [0.05, 0.1) is 0 Å². The van der Waals surface area contributed by atoms with E-state index >= 15 is 0 Å². The second-order valence-electron chi connectivity index (χ2n) is 8.13. The molecule has 0 aliphatic carbocycles. The van der Waals surface area contributed by atoms with Gasteiger partial charge in [-0.2, -0.15) is 0 Å². The van der Waals surface area contributed by atoms with Crippen LogP contribution in [0.2, 0.25) is 0 Å². The van der Waals surface area contributed by atoms with Crippen molar-refractivity contribution in [2.24, 2.45) is 0 Å². The van der Waals surface area contributed by atoms with Crippen LogP contribution in [0.25, 0.3) is 32.7 Å². The molecule has 0 saturated carbocycles. The minimum Gasteiger partial charge on any atom is -0.481 e. The Kier molecular flexibility index (Phi) is 6.50. The lowest BCUT2D eigenvalue weighted by Crippen LogP contribution is -2.04. The van der Waals surface area contributed by atoms with Crippen LogP contribution in [-0.4, -0.2) is 22.2 Å². The van der Waals surface area contributed by atoms with Crippen LogP contribution in [0.5, 0.6) is 0 Å². The Labute approximate surface area is 187 Å². The van der Waals surface area contributed by atoms with E-state index in [2.05, 4.69) is 48.5 Å². The first-order valence-electron chi connectivity index (χ1n) is 11.0. The molecule has 0 heterocycles. The molecule has 0 saturated heterocycles. The molecular formula is C28H26O4. The number of hydrogen-bond acceptors (Lipinski definition) is 2. The van der Waals surface area contributed by atoms with Crippen LogP contribution in [-0.2, 0) is 22.4 Å². The van der Waals surface area contributed by atoms with E-state index in [0.717, 1.165) is 43.8 Å². The molecule has 32 heavy (non-hydrogen) atoms. The Bertz CT molecular complexity index is 1280. The lowest BCUT2D eigenvalue weighted by Gasteiger charge is -2.20. The molecule has 0 aliphatic rings. The van der Waals surface area contributed by atoms with E-state index in [1.165, 1.54) is 0 Å². The zero-order valence-corrected chi connectivity index (χ0v) is 17.9. The summed E-state index contributed by atoms with van der Waals surface area (Å²) < 4.78 is 0. The molecular weight excluding hydrogens is 400 g/mol. The largest absolute Gasteiger partial charge is 0.481 e. The van der Waals surface area contributed by atoms with Crippen LogP contribution in [0.3, 0.4) is 0 Å². The zero-order chi connectivity index (χ0) is 22.5. The number of carboxylic acids is 2. The van der Waals surface area contributed by atoms with E-state index in [0.29, 0.717) is 25.7 Å². The molecule has 4 aromatic rings. The van der Waals surface area contributed by atoms with Crippen molar-refractivity contribution in [1.29, 1.82) is 0 Å². The fourth-order valence-electron chi connectivity index (χ4n) is 4.55. The van der Waals surface area contributed by atoms with Gasteiger partial charge >= 0.3 is 11.9 Å². The highest BCUT2D eigenvalue weighted by atomic mass is 16.4. The van der Waals surface area contributed by atoms with Crippen molar-refractivity contribution in [3.8, 4) is 11.1 Å². The topological polar surface area (TPSA) is 74.6 Å². The molecule has 2 N–H and O–H groups in total. The van der Waals surface area contributed by atoms with Gasteiger partial charge < -0.3 is 10.2 Å². The van der Waals surface area contributed by atoms with E-state index in [1.807, 2.05) is 24.3 Å². The Balaban J connectivity index is 1.95. The molecule has 0 aromatic heterocycles. The Morgan fingerprint density at radius 3 is 1.97 bits per heavy atom. The normalized spacial score (nSPS) is 11.1. The quantitative estimate of drug-likeness (QED) is 0.321. The summed E-state index contributed by atoms with van der Waals surface area (Å²) >= 11 is 0. The number of carbonyl (C=O) groups is 2. The van der Waals surface area contributed by atoms with Crippen molar-refractivity contribution in [1.82, 2.24) is 0 Å². The lowest BCUT2D eigenvalue weighted by atomic mass is 9.84. The second kappa shape index (κ2) is 9.65. The predicted octanol–water partition coefficient (Wildman–Crippen LogP) is 6.47. The van der Waals surface area contributed by atoms with E-state index in [1.54, 1.807) is 0 Å². The number of carboxylic acid groups (broad SMARTS) is 2. The van der Waals surface area contributed by atoms with Crippen LogP contribution in [0.15, 0.2) is 72.8 Å². The molecule has 162 valence electrons. The fraction of sp³-hybridized carbons (Fsp3) is 0.214. The molecule has 0 spiro atoms. The molecule has 4 rings (SSSR count). The third-order valence-electron chi connectivity index (χ3n) is 5.96. The summed E-state index contributed by atoms with van der Waals surface area (Å²) in [5, 5.41) is 22.9. The number of fused-ring (bicyclic) bond motifs is 2. The molecule has 0 unspecified atom stereocenters. The van der Waals surface area contributed by atoms with Gasteiger partial charge in [-0.05, 0) is 69.5 Å². The van der Waals surface area contributed by atoms with Gasteiger partial charge in [0.15, 0.2) is 0 Å². The van der Waals surface area contributed by atoms with Crippen molar-refractivity contribution in [2.75, 3.05) is 0 Å². The average Bonchev–Trinajstić information content (AvgIpc) is 2.78. The third kappa shape index (κ3) is 4.65. The minimum absolute atomic E-state index is 0.108. The molecule has 0 aliphatic heterocycles. The first-order valence-corrected chi connectivity index (χ1v) is 11.0. The summed E-state index contributed by atoms with van der Waals surface area (Å²) in [5.41, 5.74) is 4.50. The number of benzene rings is 4. The van der Waals surface area contributed by atoms with E-state index in [-0.39, 0.29) is 12.8 Å². The average molecular weight is 427 g/mol. The van der Waals surface area contributed by atoms with Crippen molar-refractivity contribution >= 4 is 33.5 Å². The number of aliphatic carboxylic acids is 2. The van der Waals surface area contributed by atoms with Gasteiger partial charge in [-0.15, -0.1) is 0 Å². The molecule has 0 bridgehead atoms. The van der Waals surface area contributed by atoms with Gasteiger partial charge in [0, 0.05) is 12.8 Å². The minimum atomic E-state index is -0.801. The Morgan fingerprint density at radius 2 is 1.25 bits per heavy atom. The van der Waals surface area contributed by atoms with Gasteiger partial charge in [0.25, 0.3) is 0 Å². The summed E-state index contributed by atoms with van der Waals surface area (Å²) in [6.45, 7) is 0. The lowest BCUT2D eigenvalue weighted by molar-refractivity contribution is -0.138. The molecule has 0 atom stereocenters. The summed E-state index contributed by atoms with van der Waals surface area (Å²) in [4.78, 5) is 22.3. The van der Waals surface area contributed by atoms with Crippen LogP contribution >= 0.6 is 0 Å². The maximum absolute atomic E-state index is 11.2. The fourth-order valence-corrected chi connectivity index (χ4v) is 4.55. The van der Waals surface area contributed by atoms with Gasteiger partial charge in [0.1, 0.15) is 0 Å². The van der Waals surface area contributed by atoms with Crippen molar-refractivity contribution in [2.45, 2.75) is 38.5 Å². The van der Waals surface area contributed by atoms with Gasteiger partial charge in [-0.3, -0.25) is 9.59 Å². The van der Waals surface area contributed by atoms with Gasteiger partial charge in [-0.25, -0.2) is 0 Å². The van der Waals surface area contributed by atoms with Crippen molar-refractivity contribution < 1.29 is 19.8 Å². The zero-order valence-electron chi connectivity index (χ0n) is 17.9. The molecule has 0 fully saturated rings. The molecule has 4 aromatic carbocycles. The maximum Gasteiger partial charge on any atom is 0.303 e. The third-order valence-corrected chi connectivity index (χ3v) is 5.96.